The minimum atomic E-state index is 0.251. The van der Waals surface area contributed by atoms with E-state index >= 15 is 0 Å². The molecule has 0 fully saturated rings. The summed E-state index contributed by atoms with van der Waals surface area (Å²) in [5.41, 5.74) is 4.10. The topological polar surface area (TPSA) is 34.9 Å². The molecule has 4 heteroatoms. The number of carbonyl (C=O) groups is 1. The van der Waals surface area contributed by atoms with Gasteiger partial charge >= 0.3 is 0 Å². The Labute approximate surface area is 123 Å². The van der Waals surface area contributed by atoms with Gasteiger partial charge < -0.3 is 0 Å². The van der Waals surface area contributed by atoms with E-state index in [2.05, 4.69) is 5.10 Å². The lowest BCUT2D eigenvalue weighted by molar-refractivity contribution is 0.0971. The fourth-order valence-electron chi connectivity index (χ4n) is 2.86. The summed E-state index contributed by atoms with van der Waals surface area (Å²) in [5, 5.41) is 5.30. The van der Waals surface area contributed by atoms with Gasteiger partial charge in [-0.2, -0.15) is 5.10 Å². The summed E-state index contributed by atoms with van der Waals surface area (Å²) < 4.78 is 2.01. The summed E-state index contributed by atoms with van der Waals surface area (Å²) in [4.78, 5) is 12.0. The van der Waals surface area contributed by atoms with Crippen molar-refractivity contribution >= 4 is 17.4 Å². The largest absolute Gasteiger partial charge is 0.294 e. The van der Waals surface area contributed by atoms with E-state index in [1.807, 2.05) is 35.9 Å². The van der Waals surface area contributed by atoms with Gasteiger partial charge in [-0.1, -0.05) is 23.7 Å². The second-order valence-corrected chi connectivity index (χ2v) is 5.72. The Bertz CT molecular complexity index is 643. The Morgan fingerprint density at radius 3 is 2.75 bits per heavy atom. The van der Waals surface area contributed by atoms with Gasteiger partial charge in [0.2, 0.25) is 0 Å². The summed E-state index contributed by atoms with van der Waals surface area (Å²) in [7, 11) is 0. The number of aromatic nitrogens is 2. The minimum Gasteiger partial charge on any atom is -0.294 e. The molecule has 0 saturated carbocycles. The van der Waals surface area contributed by atoms with E-state index in [0.29, 0.717) is 6.42 Å². The molecule has 1 aromatic heterocycles. The van der Waals surface area contributed by atoms with Crippen LogP contribution in [0.3, 0.4) is 0 Å². The number of Topliss-reactive ketones (excluding diaryl/α,β-unsaturated/α-hetero) is 1. The number of aryl methyl sites for hydroxylation is 3. The minimum absolute atomic E-state index is 0.251. The molecule has 0 unspecified atom stereocenters. The van der Waals surface area contributed by atoms with Gasteiger partial charge in [0.1, 0.15) is 0 Å². The second-order valence-electron chi connectivity index (χ2n) is 5.28. The first-order valence-electron chi connectivity index (χ1n) is 6.99. The first kappa shape index (κ1) is 13.4. The molecule has 20 heavy (non-hydrogen) atoms. The molecule has 1 aliphatic rings. The Kier molecular flexibility index (Phi) is 3.62. The molecular formula is C16H17ClN2O. The quantitative estimate of drug-likeness (QED) is 0.865. The normalized spacial score (nSPS) is 14.4. The maximum atomic E-state index is 12.0. The first-order chi connectivity index (χ1) is 9.65. The molecule has 0 radical (unpaired) electrons. The Balaban J connectivity index is 1.80. The standard InChI is InChI=1S/C16H17ClN2O/c1-11-16-14(3-2-4-15(16)20)19(18-11)10-9-12-5-7-13(17)8-6-12/h5-8H,2-4,9-10H2,1H3. The van der Waals surface area contributed by atoms with Crippen LogP contribution in [-0.2, 0) is 19.4 Å². The zero-order valence-corrected chi connectivity index (χ0v) is 12.3. The predicted octanol–water partition coefficient (Wildman–Crippen LogP) is 3.61. The molecule has 1 aromatic carbocycles. The van der Waals surface area contributed by atoms with Crippen LogP contribution < -0.4 is 0 Å². The zero-order valence-electron chi connectivity index (χ0n) is 11.5. The number of halogens is 1. The van der Waals surface area contributed by atoms with Gasteiger partial charge in [0.25, 0.3) is 0 Å². The van der Waals surface area contributed by atoms with E-state index in [0.717, 1.165) is 47.8 Å². The molecule has 0 amide bonds. The Morgan fingerprint density at radius 1 is 1.25 bits per heavy atom. The SMILES string of the molecule is Cc1nn(CCc2ccc(Cl)cc2)c2c1C(=O)CCC2. The number of hydrogen-bond acceptors (Lipinski definition) is 2. The highest BCUT2D eigenvalue weighted by Gasteiger charge is 2.24. The molecule has 3 rings (SSSR count). The van der Waals surface area contributed by atoms with Gasteiger partial charge in [0, 0.05) is 23.7 Å². The van der Waals surface area contributed by atoms with Crippen molar-refractivity contribution in [3.63, 3.8) is 0 Å². The van der Waals surface area contributed by atoms with Crippen molar-refractivity contribution in [2.45, 2.75) is 39.2 Å². The number of carbonyl (C=O) groups excluding carboxylic acids is 1. The van der Waals surface area contributed by atoms with Gasteiger partial charge in [-0.25, -0.2) is 0 Å². The average Bonchev–Trinajstić information content (AvgIpc) is 2.76. The van der Waals surface area contributed by atoms with Crippen molar-refractivity contribution in [1.29, 1.82) is 0 Å². The summed E-state index contributed by atoms with van der Waals surface area (Å²) in [6, 6.07) is 7.89. The van der Waals surface area contributed by atoms with Gasteiger partial charge in [-0.3, -0.25) is 9.48 Å². The van der Waals surface area contributed by atoms with Gasteiger partial charge in [-0.15, -0.1) is 0 Å². The molecule has 1 heterocycles. The maximum Gasteiger partial charge on any atom is 0.166 e. The highest BCUT2D eigenvalue weighted by Crippen LogP contribution is 2.24. The lowest BCUT2D eigenvalue weighted by Crippen LogP contribution is -2.14. The summed E-state index contributed by atoms with van der Waals surface area (Å²) in [6.45, 7) is 2.74. The summed E-state index contributed by atoms with van der Waals surface area (Å²) >= 11 is 5.89. The van der Waals surface area contributed by atoms with E-state index in [4.69, 9.17) is 11.6 Å². The van der Waals surface area contributed by atoms with E-state index in [1.54, 1.807) is 0 Å². The van der Waals surface area contributed by atoms with E-state index < -0.39 is 0 Å². The molecule has 104 valence electrons. The molecule has 3 nitrogen and oxygen atoms in total. The summed E-state index contributed by atoms with van der Waals surface area (Å²) in [6.07, 6.45) is 3.47. The van der Waals surface area contributed by atoms with Gasteiger partial charge in [-0.05, 0) is 43.9 Å². The molecule has 0 bridgehead atoms. The third kappa shape index (κ3) is 2.50. The van der Waals surface area contributed by atoms with Crippen LogP contribution in [0.15, 0.2) is 24.3 Å². The monoisotopic (exact) mass is 288 g/mol. The van der Waals surface area contributed by atoms with Crippen LogP contribution >= 0.6 is 11.6 Å². The van der Waals surface area contributed by atoms with E-state index in [-0.39, 0.29) is 5.78 Å². The molecule has 2 aromatic rings. The molecule has 1 aliphatic carbocycles. The van der Waals surface area contributed by atoms with Crippen LogP contribution in [-0.4, -0.2) is 15.6 Å². The van der Waals surface area contributed by atoms with Crippen molar-refractivity contribution in [2.75, 3.05) is 0 Å². The van der Waals surface area contributed by atoms with Crippen LogP contribution in [0.25, 0.3) is 0 Å². The molecule has 0 N–H and O–H groups in total. The second kappa shape index (κ2) is 5.41. The maximum absolute atomic E-state index is 12.0. The molecule has 0 atom stereocenters. The molecular weight excluding hydrogens is 272 g/mol. The highest BCUT2D eigenvalue weighted by molar-refractivity contribution is 6.30. The van der Waals surface area contributed by atoms with Crippen LogP contribution in [0.2, 0.25) is 5.02 Å². The zero-order chi connectivity index (χ0) is 14.1. The predicted molar refractivity (Wildman–Crippen MR) is 79.4 cm³/mol. The molecule has 0 aliphatic heterocycles. The number of rotatable bonds is 3. The number of hydrogen-bond donors (Lipinski definition) is 0. The van der Waals surface area contributed by atoms with Crippen LogP contribution in [0.4, 0.5) is 0 Å². The van der Waals surface area contributed by atoms with Crippen LogP contribution in [0.1, 0.15) is 40.2 Å². The van der Waals surface area contributed by atoms with Crippen LogP contribution in [0.5, 0.6) is 0 Å². The lowest BCUT2D eigenvalue weighted by atomic mass is 9.95. The number of ketones is 1. The van der Waals surface area contributed by atoms with E-state index in [9.17, 15) is 4.79 Å². The number of nitrogens with zero attached hydrogens (tertiary/aromatic N) is 2. The lowest BCUT2D eigenvalue weighted by Gasteiger charge is -2.13. The fourth-order valence-corrected chi connectivity index (χ4v) is 2.98. The molecule has 0 spiro atoms. The first-order valence-corrected chi connectivity index (χ1v) is 7.37. The third-order valence-electron chi connectivity index (χ3n) is 3.85. The number of benzene rings is 1. The van der Waals surface area contributed by atoms with Crippen LogP contribution in [0, 0.1) is 6.92 Å². The smallest absolute Gasteiger partial charge is 0.166 e. The van der Waals surface area contributed by atoms with Crippen molar-refractivity contribution in [3.8, 4) is 0 Å². The van der Waals surface area contributed by atoms with E-state index in [1.165, 1.54) is 5.56 Å². The van der Waals surface area contributed by atoms with Crippen molar-refractivity contribution in [2.24, 2.45) is 0 Å². The van der Waals surface area contributed by atoms with Gasteiger partial charge in [0.15, 0.2) is 5.78 Å². The Morgan fingerprint density at radius 2 is 2.00 bits per heavy atom. The van der Waals surface area contributed by atoms with Crippen molar-refractivity contribution in [3.05, 3.63) is 51.8 Å². The summed E-state index contributed by atoms with van der Waals surface area (Å²) in [5.74, 6) is 0.251. The molecule has 0 saturated heterocycles. The Hall–Kier alpha value is -1.61. The average molecular weight is 289 g/mol. The highest BCUT2D eigenvalue weighted by atomic mass is 35.5. The number of fused-ring (bicyclic) bond motifs is 1. The van der Waals surface area contributed by atoms with Crippen molar-refractivity contribution in [1.82, 2.24) is 9.78 Å². The fraction of sp³-hybridized carbons (Fsp3) is 0.375. The van der Waals surface area contributed by atoms with Gasteiger partial charge in [0.05, 0.1) is 11.3 Å². The third-order valence-corrected chi connectivity index (χ3v) is 4.11. The van der Waals surface area contributed by atoms with Crippen molar-refractivity contribution < 1.29 is 4.79 Å².